The van der Waals surface area contributed by atoms with Crippen LogP contribution in [0, 0.1) is 5.41 Å². The molecule has 1 aliphatic rings. The van der Waals surface area contributed by atoms with E-state index in [0.717, 1.165) is 30.5 Å². The summed E-state index contributed by atoms with van der Waals surface area (Å²) in [7, 11) is 0. The molecule has 19 heavy (non-hydrogen) atoms. The standard InChI is InChI=1S/C16H24BrNO/c1-4-16(5-2)10-18-12(3)15(19-11-16)13-6-8-14(17)9-7-13/h6-9,12,15,18H,4-5,10-11H2,1-3H3. The molecule has 1 aromatic carbocycles. The zero-order chi connectivity index (χ0) is 13.9. The van der Waals surface area contributed by atoms with E-state index in [9.17, 15) is 0 Å². The summed E-state index contributed by atoms with van der Waals surface area (Å²) in [4.78, 5) is 0. The van der Waals surface area contributed by atoms with Crippen molar-refractivity contribution in [1.82, 2.24) is 5.32 Å². The first-order chi connectivity index (χ1) is 9.10. The smallest absolute Gasteiger partial charge is 0.0975 e. The summed E-state index contributed by atoms with van der Waals surface area (Å²) < 4.78 is 7.37. The lowest BCUT2D eigenvalue weighted by atomic mass is 9.83. The van der Waals surface area contributed by atoms with Crippen LogP contribution in [0.2, 0.25) is 0 Å². The zero-order valence-electron chi connectivity index (χ0n) is 12.1. The van der Waals surface area contributed by atoms with Crippen LogP contribution in [0.4, 0.5) is 0 Å². The van der Waals surface area contributed by atoms with E-state index in [0.29, 0.717) is 11.5 Å². The molecule has 1 aliphatic heterocycles. The van der Waals surface area contributed by atoms with Gasteiger partial charge in [0.15, 0.2) is 0 Å². The van der Waals surface area contributed by atoms with Gasteiger partial charge in [0.2, 0.25) is 0 Å². The van der Waals surface area contributed by atoms with E-state index < -0.39 is 0 Å². The minimum atomic E-state index is 0.146. The number of halogens is 1. The Bertz CT molecular complexity index is 400. The van der Waals surface area contributed by atoms with E-state index in [1.54, 1.807) is 0 Å². The SMILES string of the molecule is CCC1(CC)CNC(C)C(c2ccc(Br)cc2)OC1. The Morgan fingerprint density at radius 3 is 2.47 bits per heavy atom. The predicted molar refractivity (Wildman–Crippen MR) is 83.3 cm³/mol. The van der Waals surface area contributed by atoms with Crippen molar-refractivity contribution >= 4 is 15.9 Å². The molecule has 2 nitrogen and oxygen atoms in total. The molecule has 2 unspecified atom stereocenters. The average Bonchev–Trinajstić information content (AvgIpc) is 2.60. The fourth-order valence-electron chi connectivity index (χ4n) is 2.69. The van der Waals surface area contributed by atoms with Gasteiger partial charge in [-0.25, -0.2) is 0 Å². The van der Waals surface area contributed by atoms with Crippen LogP contribution in [0.15, 0.2) is 28.7 Å². The maximum atomic E-state index is 6.26. The summed E-state index contributed by atoms with van der Waals surface area (Å²) in [6, 6.07) is 8.82. The van der Waals surface area contributed by atoms with Crippen molar-refractivity contribution < 1.29 is 4.74 Å². The van der Waals surface area contributed by atoms with Crippen LogP contribution in [0.5, 0.6) is 0 Å². The molecular weight excluding hydrogens is 302 g/mol. The Morgan fingerprint density at radius 2 is 1.89 bits per heavy atom. The summed E-state index contributed by atoms with van der Waals surface area (Å²) in [6.07, 6.45) is 2.47. The van der Waals surface area contributed by atoms with E-state index in [1.807, 2.05) is 0 Å². The first-order valence-corrected chi connectivity index (χ1v) is 8.00. The lowest BCUT2D eigenvalue weighted by Gasteiger charge is -2.29. The van der Waals surface area contributed by atoms with Crippen LogP contribution in [-0.4, -0.2) is 19.2 Å². The van der Waals surface area contributed by atoms with Gasteiger partial charge in [-0.2, -0.15) is 0 Å². The molecule has 0 amide bonds. The molecule has 1 N–H and O–H groups in total. The van der Waals surface area contributed by atoms with Crippen molar-refractivity contribution in [2.75, 3.05) is 13.2 Å². The van der Waals surface area contributed by atoms with Crippen LogP contribution in [0.25, 0.3) is 0 Å². The largest absolute Gasteiger partial charge is 0.371 e. The molecule has 106 valence electrons. The Balaban J connectivity index is 2.16. The maximum Gasteiger partial charge on any atom is 0.0975 e. The summed E-state index contributed by atoms with van der Waals surface area (Å²) in [5.74, 6) is 0. The molecule has 0 saturated carbocycles. The lowest BCUT2D eigenvalue weighted by Crippen LogP contribution is -2.37. The third kappa shape index (κ3) is 3.39. The van der Waals surface area contributed by atoms with Crippen molar-refractivity contribution in [1.29, 1.82) is 0 Å². The van der Waals surface area contributed by atoms with E-state index in [2.05, 4.69) is 66.3 Å². The topological polar surface area (TPSA) is 21.3 Å². The Kier molecular flexibility index (Phi) is 5.04. The molecule has 0 bridgehead atoms. The van der Waals surface area contributed by atoms with Crippen LogP contribution >= 0.6 is 15.9 Å². The second-order valence-corrected chi connectivity index (χ2v) is 6.58. The summed E-state index contributed by atoms with van der Waals surface area (Å²) in [6.45, 7) is 8.64. The molecule has 2 atom stereocenters. The van der Waals surface area contributed by atoms with Crippen LogP contribution in [0.1, 0.15) is 45.3 Å². The maximum absolute atomic E-state index is 6.26. The number of nitrogens with one attached hydrogen (secondary N) is 1. The van der Waals surface area contributed by atoms with Gasteiger partial charge >= 0.3 is 0 Å². The number of benzene rings is 1. The number of rotatable bonds is 3. The molecule has 1 heterocycles. The molecule has 0 aromatic heterocycles. The molecule has 1 saturated heterocycles. The summed E-state index contributed by atoms with van der Waals surface area (Å²) in [5, 5.41) is 3.66. The third-order valence-electron chi connectivity index (χ3n) is 4.52. The first kappa shape index (κ1) is 15.0. The van der Waals surface area contributed by atoms with Gasteiger partial charge in [-0.15, -0.1) is 0 Å². The molecule has 0 aliphatic carbocycles. The van der Waals surface area contributed by atoms with Gasteiger partial charge in [-0.3, -0.25) is 0 Å². The number of hydrogen-bond donors (Lipinski definition) is 1. The second-order valence-electron chi connectivity index (χ2n) is 5.66. The van der Waals surface area contributed by atoms with E-state index in [4.69, 9.17) is 4.74 Å². The van der Waals surface area contributed by atoms with Crippen molar-refractivity contribution in [3.63, 3.8) is 0 Å². The van der Waals surface area contributed by atoms with Gasteiger partial charge in [0.1, 0.15) is 0 Å². The highest BCUT2D eigenvalue weighted by Crippen LogP contribution is 2.33. The minimum absolute atomic E-state index is 0.146. The van der Waals surface area contributed by atoms with Gasteiger partial charge < -0.3 is 10.1 Å². The zero-order valence-corrected chi connectivity index (χ0v) is 13.7. The monoisotopic (exact) mass is 325 g/mol. The fourth-order valence-corrected chi connectivity index (χ4v) is 2.95. The first-order valence-electron chi connectivity index (χ1n) is 7.20. The second kappa shape index (κ2) is 6.38. The molecule has 3 heteroatoms. The highest BCUT2D eigenvalue weighted by molar-refractivity contribution is 9.10. The Hall–Kier alpha value is -0.380. The van der Waals surface area contributed by atoms with Crippen molar-refractivity contribution in [2.45, 2.75) is 45.8 Å². The molecule has 2 rings (SSSR count). The summed E-state index contributed by atoms with van der Waals surface area (Å²) >= 11 is 3.48. The third-order valence-corrected chi connectivity index (χ3v) is 5.05. The predicted octanol–water partition coefficient (Wildman–Crippen LogP) is 4.30. The number of hydrogen-bond acceptors (Lipinski definition) is 2. The van der Waals surface area contributed by atoms with Gasteiger partial charge in [-0.05, 0) is 37.5 Å². The normalized spacial score (nSPS) is 26.9. The van der Waals surface area contributed by atoms with Gasteiger partial charge in [0.05, 0.1) is 12.7 Å². The number of ether oxygens (including phenoxy) is 1. The van der Waals surface area contributed by atoms with E-state index in [-0.39, 0.29) is 6.10 Å². The van der Waals surface area contributed by atoms with Crippen LogP contribution in [-0.2, 0) is 4.74 Å². The molecule has 1 aromatic rings. The molecular formula is C16H24BrNO. The Labute approximate surface area is 125 Å². The van der Waals surface area contributed by atoms with E-state index >= 15 is 0 Å². The van der Waals surface area contributed by atoms with Crippen molar-refractivity contribution in [2.24, 2.45) is 5.41 Å². The quantitative estimate of drug-likeness (QED) is 0.894. The van der Waals surface area contributed by atoms with Crippen molar-refractivity contribution in [3.8, 4) is 0 Å². The lowest BCUT2D eigenvalue weighted by molar-refractivity contribution is -0.000546. The van der Waals surface area contributed by atoms with Crippen LogP contribution in [0.3, 0.4) is 0 Å². The highest BCUT2D eigenvalue weighted by atomic mass is 79.9. The van der Waals surface area contributed by atoms with Crippen LogP contribution < -0.4 is 5.32 Å². The van der Waals surface area contributed by atoms with Crippen molar-refractivity contribution in [3.05, 3.63) is 34.3 Å². The average molecular weight is 326 g/mol. The fraction of sp³-hybridized carbons (Fsp3) is 0.625. The molecule has 0 radical (unpaired) electrons. The van der Waals surface area contributed by atoms with Gasteiger partial charge in [0, 0.05) is 22.5 Å². The van der Waals surface area contributed by atoms with E-state index in [1.165, 1.54) is 5.56 Å². The van der Waals surface area contributed by atoms with Gasteiger partial charge in [-0.1, -0.05) is 41.9 Å². The summed E-state index contributed by atoms with van der Waals surface area (Å²) in [5.41, 5.74) is 1.55. The minimum Gasteiger partial charge on any atom is -0.371 e. The molecule has 0 spiro atoms. The highest BCUT2D eigenvalue weighted by Gasteiger charge is 2.34. The van der Waals surface area contributed by atoms with Gasteiger partial charge in [0.25, 0.3) is 0 Å². The Morgan fingerprint density at radius 1 is 1.26 bits per heavy atom. The molecule has 1 fully saturated rings.